The fraction of sp³-hybridized carbons (Fsp3) is 0.462. The second-order valence-electron chi connectivity index (χ2n) is 3.78. The zero-order chi connectivity index (χ0) is 12.0. The monoisotopic (exact) mass is 235 g/mol. The van der Waals surface area contributed by atoms with Gasteiger partial charge in [0.15, 0.2) is 0 Å². The lowest BCUT2D eigenvalue weighted by molar-refractivity contribution is 0.242. The fourth-order valence-electron chi connectivity index (χ4n) is 1.23. The topological polar surface area (TPSA) is 33.0 Å². The lowest BCUT2D eigenvalue weighted by Crippen LogP contribution is -2.05. The Morgan fingerprint density at radius 2 is 1.94 bits per heavy atom. The molecular weight excluding hydrogens is 218 g/mol. The van der Waals surface area contributed by atoms with Gasteiger partial charge in [0.05, 0.1) is 17.4 Å². The van der Waals surface area contributed by atoms with Gasteiger partial charge in [-0.1, -0.05) is 6.92 Å². The van der Waals surface area contributed by atoms with Gasteiger partial charge in [0, 0.05) is 4.90 Å². The first-order chi connectivity index (χ1) is 7.65. The Hall–Kier alpha value is -1.14. The molecule has 0 amide bonds. The van der Waals surface area contributed by atoms with E-state index in [0.29, 0.717) is 0 Å². The molecule has 1 atom stereocenters. The van der Waals surface area contributed by atoms with E-state index in [9.17, 15) is 0 Å². The number of hydrogen-bond acceptors (Lipinski definition) is 3. The maximum atomic E-state index is 8.87. The molecule has 0 saturated carbocycles. The first-order valence-corrected chi connectivity index (χ1v) is 6.36. The third-order valence-corrected chi connectivity index (χ3v) is 3.26. The van der Waals surface area contributed by atoms with Gasteiger partial charge < -0.3 is 4.74 Å². The van der Waals surface area contributed by atoms with Crippen molar-refractivity contribution in [3.63, 3.8) is 0 Å². The minimum atomic E-state index is 0.0388. The van der Waals surface area contributed by atoms with Crippen molar-refractivity contribution in [3.8, 4) is 11.8 Å². The molecule has 0 aliphatic carbocycles. The van der Waals surface area contributed by atoms with Crippen LogP contribution in [0.15, 0.2) is 29.2 Å². The number of ether oxygens (including phenoxy) is 1. The summed E-state index contributed by atoms with van der Waals surface area (Å²) >= 11 is 1.60. The molecule has 1 unspecified atom stereocenters. The van der Waals surface area contributed by atoms with E-state index in [2.05, 4.69) is 6.07 Å². The Morgan fingerprint density at radius 1 is 1.31 bits per heavy atom. The summed E-state index contributed by atoms with van der Waals surface area (Å²) in [6.45, 7) is 6.04. The van der Waals surface area contributed by atoms with Crippen LogP contribution in [0.5, 0.6) is 5.75 Å². The van der Waals surface area contributed by atoms with Crippen LogP contribution in [0.4, 0.5) is 0 Å². The van der Waals surface area contributed by atoms with E-state index < -0.39 is 0 Å². The summed E-state index contributed by atoms with van der Waals surface area (Å²) in [5.74, 6) is 0.879. The summed E-state index contributed by atoms with van der Waals surface area (Å²) in [4.78, 5) is 1.12. The van der Waals surface area contributed by atoms with Crippen LogP contribution < -0.4 is 4.74 Å². The molecule has 16 heavy (non-hydrogen) atoms. The molecule has 0 saturated heterocycles. The van der Waals surface area contributed by atoms with Crippen molar-refractivity contribution in [1.82, 2.24) is 0 Å². The molecule has 1 rings (SSSR count). The molecule has 3 heteroatoms. The summed E-state index contributed by atoms with van der Waals surface area (Å²) in [5, 5.41) is 8.90. The van der Waals surface area contributed by atoms with E-state index >= 15 is 0 Å². The number of benzene rings is 1. The molecule has 0 radical (unpaired) electrons. The van der Waals surface area contributed by atoms with Crippen molar-refractivity contribution in [2.24, 2.45) is 0 Å². The summed E-state index contributed by atoms with van der Waals surface area (Å²) in [6.07, 6.45) is 1.06. The molecule has 1 aromatic rings. The minimum absolute atomic E-state index is 0.0388. The number of nitrogens with zero attached hydrogens (tertiary/aromatic N) is 1. The molecule has 0 fully saturated rings. The van der Waals surface area contributed by atoms with Crippen LogP contribution in [-0.4, -0.2) is 11.4 Å². The summed E-state index contributed by atoms with van der Waals surface area (Å²) in [6, 6.07) is 10.2. The molecule has 0 aromatic heterocycles. The normalized spacial score (nSPS) is 12.2. The molecule has 1 aromatic carbocycles. The standard InChI is InChI=1S/C13H17NOS/c1-4-12(9-14)16-13-7-5-11(6-8-13)15-10(2)3/h5-8,10,12H,4H2,1-3H3. The summed E-state index contributed by atoms with van der Waals surface area (Å²) in [7, 11) is 0. The minimum Gasteiger partial charge on any atom is -0.491 e. The quantitative estimate of drug-likeness (QED) is 0.726. The van der Waals surface area contributed by atoms with Crippen LogP contribution in [0.1, 0.15) is 27.2 Å². The molecule has 0 aliphatic heterocycles. The predicted octanol–water partition coefficient (Wildman–Crippen LogP) is 3.87. The molecule has 0 aliphatic rings. The molecule has 0 bridgehead atoms. The van der Waals surface area contributed by atoms with Crippen molar-refractivity contribution >= 4 is 11.8 Å². The first kappa shape index (κ1) is 12.9. The van der Waals surface area contributed by atoms with Crippen molar-refractivity contribution < 1.29 is 4.74 Å². The SMILES string of the molecule is CCC(C#N)Sc1ccc(OC(C)C)cc1. The molecule has 0 heterocycles. The second-order valence-corrected chi connectivity index (χ2v) is 5.06. The van der Waals surface area contributed by atoms with Gasteiger partial charge in [-0.25, -0.2) is 0 Å². The molecule has 0 spiro atoms. The van der Waals surface area contributed by atoms with Crippen LogP contribution in [-0.2, 0) is 0 Å². The maximum Gasteiger partial charge on any atom is 0.119 e. The molecular formula is C13H17NOS. The molecule has 86 valence electrons. The van der Waals surface area contributed by atoms with Crippen LogP contribution in [0.3, 0.4) is 0 Å². The van der Waals surface area contributed by atoms with Gasteiger partial charge >= 0.3 is 0 Å². The van der Waals surface area contributed by atoms with Crippen molar-refractivity contribution in [3.05, 3.63) is 24.3 Å². The highest BCUT2D eigenvalue weighted by atomic mass is 32.2. The smallest absolute Gasteiger partial charge is 0.119 e. The van der Waals surface area contributed by atoms with Gasteiger partial charge in [-0.05, 0) is 44.5 Å². The lowest BCUT2D eigenvalue weighted by Gasteiger charge is -2.10. The van der Waals surface area contributed by atoms with Crippen molar-refractivity contribution in [1.29, 1.82) is 5.26 Å². The van der Waals surface area contributed by atoms with Gasteiger partial charge in [-0.3, -0.25) is 0 Å². The molecule has 0 N–H and O–H groups in total. The van der Waals surface area contributed by atoms with Crippen LogP contribution in [0.2, 0.25) is 0 Å². The largest absolute Gasteiger partial charge is 0.491 e. The Balaban J connectivity index is 2.61. The van der Waals surface area contributed by atoms with Gasteiger partial charge in [0.25, 0.3) is 0 Å². The highest BCUT2D eigenvalue weighted by molar-refractivity contribution is 8.00. The predicted molar refractivity (Wildman–Crippen MR) is 67.8 cm³/mol. The number of hydrogen-bond donors (Lipinski definition) is 0. The second kappa shape index (κ2) is 6.44. The third kappa shape index (κ3) is 4.16. The Kier molecular flexibility index (Phi) is 5.21. The average Bonchev–Trinajstić information content (AvgIpc) is 2.27. The highest BCUT2D eigenvalue weighted by Crippen LogP contribution is 2.26. The fourth-order valence-corrected chi connectivity index (χ4v) is 2.08. The zero-order valence-corrected chi connectivity index (χ0v) is 10.8. The number of nitriles is 1. The molecule has 2 nitrogen and oxygen atoms in total. The van der Waals surface area contributed by atoms with E-state index in [1.165, 1.54) is 0 Å². The Bertz CT molecular complexity index is 353. The third-order valence-electron chi connectivity index (χ3n) is 1.99. The van der Waals surface area contributed by atoms with Crippen LogP contribution in [0, 0.1) is 11.3 Å². The lowest BCUT2D eigenvalue weighted by atomic mass is 10.3. The van der Waals surface area contributed by atoms with Gasteiger partial charge in [-0.15, -0.1) is 11.8 Å². The van der Waals surface area contributed by atoms with Gasteiger partial charge in [0.1, 0.15) is 5.75 Å². The van der Waals surface area contributed by atoms with E-state index in [1.54, 1.807) is 11.8 Å². The van der Waals surface area contributed by atoms with Gasteiger partial charge in [-0.2, -0.15) is 5.26 Å². The van der Waals surface area contributed by atoms with Crippen LogP contribution >= 0.6 is 11.8 Å². The van der Waals surface area contributed by atoms with E-state index in [0.717, 1.165) is 17.1 Å². The van der Waals surface area contributed by atoms with Gasteiger partial charge in [0.2, 0.25) is 0 Å². The van der Waals surface area contributed by atoms with E-state index in [1.807, 2.05) is 45.0 Å². The Labute approximate surface area is 102 Å². The van der Waals surface area contributed by atoms with E-state index in [-0.39, 0.29) is 11.4 Å². The first-order valence-electron chi connectivity index (χ1n) is 5.48. The average molecular weight is 235 g/mol. The number of thioether (sulfide) groups is 1. The van der Waals surface area contributed by atoms with Crippen molar-refractivity contribution in [2.75, 3.05) is 0 Å². The number of rotatable bonds is 5. The highest BCUT2D eigenvalue weighted by Gasteiger charge is 2.06. The Morgan fingerprint density at radius 3 is 2.38 bits per heavy atom. The van der Waals surface area contributed by atoms with E-state index in [4.69, 9.17) is 10.00 Å². The maximum absolute atomic E-state index is 8.87. The summed E-state index contributed by atoms with van der Waals surface area (Å²) < 4.78 is 5.55. The summed E-state index contributed by atoms with van der Waals surface area (Å²) in [5.41, 5.74) is 0. The zero-order valence-electron chi connectivity index (χ0n) is 9.93. The van der Waals surface area contributed by atoms with Crippen LogP contribution in [0.25, 0.3) is 0 Å². The van der Waals surface area contributed by atoms with Crippen molar-refractivity contribution in [2.45, 2.75) is 43.4 Å².